The molecule has 3 aromatic rings. The molecule has 4 rings (SSSR count). The van der Waals surface area contributed by atoms with Gasteiger partial charge in [-0.3, -0.25) is 4.79 Å². The first kappa shape index (κ1) is 22.5. The molecule has 0 radical (unpaired) electrons. The van der Waals surface area contributed by atoms with Crippen LogP contribution in [0.1, 0.15) is 29.0 Å². The smallest absolute Gasteiger partial charge is 0.231 e. The lowest BCUT2D eigenvalue weighted by Crippen LogP contribution is -2.39. The molecule has 0 saturated heterocycles. The zero-order valence-electron chi connectivity index (χ0n) is 18.4. The van der Waals surface area contributed by atoms with Gasteiger partial charge in [-0.05, 0) is 35.7 Å². The summed E-state index contributed by atoms with van der Waals surface area (Å²) >= 11 is 0. The van der Waals surface area contributed by atoms with Crippen molar-refractivity contribution in [3.63, 3.8) is 0 Å². The van der Waals surface area contributed by atoms with E-state index in [1.54, 1.807) is 13.2 Å². The van der Waals surface area contributed by atoms with Gasteiger partial charge >= 0.3 is 0 Å². The van der Waals surface area contributed by atoms with E-state index in [0.717, 1.165) is 11.1 Å². The first-order valence-corrected chi connectivity index (χ1v) is 10.8. The molecule has 0 spiro atoms. The van der Waals surface area contributed by atoms with Crippen molar-refractivity contribution in [2.75, 3.05) is 20.5 Å². The number of aliphatic hydroxyl groups excluding tert-OH is 1. The lowest BCUT2D eigenvalue weighted by molar-refractivity contribution is -0.122. The standard InChI is InChI=1S/C26H27NO6/c1-31-20-9-7-18(8-10-20)21(22-12-24-25(14-23(22)29)33-16-32-24)13-26(30)27-19(15-28)11-17-5-3-2-4-6-17/h2-10,12,14,19,21,28-29H,11,13,15-16H2,1H3,(H,27,30). The van der Waals surface area contributed by atoms with Crippen molar-refractivity contribution in [2.45, 2.75) is 24.8 Å². The van der Waals surface area contributed by atoms with Gasteiger partial charge in [-0.2, -0.15) is 0 Å². The highest BCUT2D eigenvalue weighted by Gasteiger charge is 2.26. The number of rotatable bonds is 9. The maximum absolute atomic E-state index is 13.0. The van der Waals surface area contributed by atoms with Crippen molar-refractivity contribution >= 4 is 5.91 Å². The minimum absolute atomic E-state index is 0.0239. The summed E-state index contributed by atoms with van der Waals surface area (Å²) in [4.78, 5) is 13.0. The third-order valence-corrected chi connectivity index (χ3v) is 5.72. The van der Waals surface area contributed by atoms with Crippen LogP contribution in [0, 0.1) is 0 Å². The molecule has 7 nitrogen and oxygen atoms in total. The second-order valence-corrected chi connectivity index (χ2v) is 7.93. The second kappa shape index (κ2) is 10.3. The number of nitrogens with one attached hydrogen (secondary N) is 1. The number of methoxy groups -OCH3 is 1. The van der Waals surface area contributed by atoms with Crippen LogP contribution in [0.2, 0.25) is 0 Å². The third-order valence-electron chi connectivity index (χ3n) is 5.72. The molecule has 33 heavy (non-hydrogen) atoms. The number of phenols is 1. The Balaban J connectivity index is 1.57. The van der Waals surface area contributed by atoms with Crippen molar-refractivity contribution in [1.82, 2.24) is 5.32 Å². The highest BCUT2D eigenvalue weighted by molar-refractivity contribution is 5.78. The topological polar surface area (TPSA) is 97.3 Å². The summed E-state index contributed by atoms with van der Waals surface area (Å²) < 4.78 is 16.1. The summed E-state index contributed by atoms with van der Waals surface area (Å²) in [5.74, 6) is 1.04. The van der Waals surface area contributed by atoms with Crippen LogP contribution >= 0.6 is 0 Å². The highest BCUT2D eigenvalue weighted by atomic mass is 16.7. The van der Waals surface area contributed by atoms with Gasteiger partial charge in [-0.15, -0.1) is 0 Å². The average Bonchev–Trinajstić information content (AvgIpc) is 3.29. The number of amides is 1. The zero-order valence-corrected chi connectivity index (χ0v) is 18.4. The molecule has 172 valence electrons. The molecule has 0 fully saturated rings. The first-order chi connectivity index (χ1) is 16.1. The van der Waals surface area contributed by atoms with Crippen LogP contribution in [-0.2, 0) is 11.2 Å². The number of hydrogen-bond acceptors (Lipinski definition) is 6. The fourth-order valence-corrected chi connectivity index (χ4v) is 4.00. The number of ether oxygens (including phenoxy) is 3. The summed E-state index contributed by atoms with van der Waals surface area (Å²) in [6, 6.07) is 19.9. The summed E-state index contributed by atoms with van der Waals surface area (Å²) in [5, 5.41) is 23.5. The second-order valence-electron chi connectivity index (χ2n) is 7.93. The minimum Gasteiger partial charge on any atom is -0.508 e. The molecule has 0 aliphatic carbocycles. The van der Waals surface area contributed by atoms with Gasteiger partial charge in [0.2, 0.25) is 12.7 Å². The Morgan fingerprint density at radius 1 is 1.06 bits per heavy atom. The van der Waals surface area contributed by atoms with E-state index in [1.165, 1.54) is 6.07 Å². The van der Waals surface area contributed by atoms with Gasteiger partial charge in [-0.25, -0.2) is 0 Å². The Kier molecular flexibility index (Phi) is 7.00. The maximum atomic E-state index is 13.0. The number of hydrogen-bond donors (Lipinski definition) is 3. The summed E-state index contributed by atoms with van der Waals surface area (Å²) in [5.41, 5.74) is 2.42. The van der Waals surface area contributed by atoms with Gasteiger partial charge in [0.1, 0.15) is 11.5 Å². The summed E-state index contributed by atoms with van der Waals surface area (Å²) in [6.07, 6.45) is 0.594. The van der Waals surface area contributed by atoms with E-state index in [-0.39, 0.29) is 31.5 Å². The highest BCUT2D eigenvalue weighted by Crippen LogP contribution is 2.43. The van der Waals surface area contributed by atoms with Crippen LogP contribution in [0.4, 0.5) is 0 Å². The molecular formula is C26H27NO6. The quantitative estimate of drug-likeness (QED) is 0.464. The molecule has 2 atom stereocenters. The minimum atomic E-state index is -0.443. The van der Waals surface area contributed by atoms with Crippen LogP contribution in [0.15, 0.2) is 66.7 Å². The molecule has 0 aromatic heterocycles. The average molecular weight is 450 g/mol. The van der Waals surface area contributed by atoms with Crippen molar-refractivity contribution in [3.05, 3.63) is 83.4 Å². The lowest BCUT2D eigenvalue weighted by Gasteiger charge is -2.22. The Bertz CT molecular complexity index is 1080. The number of carbonyl (C=O) groups excluding carboxylic acids is 1. The van der Waals surface area contributed by atoms with Crippen molar-refractivity contribution in [3.8, 4) is 23.0 Å². The van der Waals surface area contributed by atoms with E-state index >= 15 is 0 Å². The van der Waals surface area contributed by atoms with Gasteiger partial charge in [0.05, 0.1) is 19.8 Å². The lowest BCUT2D eigenvalue weighted by atomic mass is 9.87. The number of aromatic hydroxyl groups is 1. The molecule has 2 unspecified atom stereocenters. The Hall–Kier alpha value is -3.71. The summed E-state index contributed by atoms with van der Waals surface area (Å²) in [6.45, 7) is -0.0906. The van der Waals surface area contributed by atoms with Gasteiger partial charge < -0.3 is 29.7 Å². The van der Waals surface area contributed by atoms with Crippen LogP contribution in [0.25, 0.3) is 0 Å². The number of benzene rings is 3. The normalized spacial score (nSPS) is 13.9. The van der Waals surface area contributed by atoms with Gasteiger partial charge in [0, 0.05) is 24.0 Å². The molecule has 1 aliphatic rings. The van der Waals surface area contributed by atoms with Crippen LogP contribution in [-0.4, -0.2) is 42.7 Å². The molecule has 7 heteroatoms. The number of carbonyl (C=O) groups is 1. The Morgan fingerprint density at radius 2 is 1.76 bits per heavy atom. The van der Waals surface area contributed by atoms with Gasteiger partial charge in [0.15, 0.2) is 11.5 Å². The zero-order chi connectivity index (χ0) is 23.2. The molecular weight excluding hydrogens is 422 g/mol. The molecule has 1 amide bonds. The number of fused-ring (bicyclic) bond motifs is 1. The fraction of sp³-hybridized carbons (Fsp3) is 0.269. The van der Waals surface area contributed by atoms with E-state index in [1.807, 2.05) is 54.6 Å². The van der Waals surface area contributed by atoms with Crippen LogP contribution in [0.3, 0.4) is 0 Å². The molecule has 3 N–H and O–H groups in total. The van der Waals surface area contributed by atoms with E-state index < -0.39 is 12.0 Å². The largest absolute Gasteiger partial charge is 0.508 e. The number of aliphatic hydroxyl groups is 1. The van der Waals surface area contributed by atoms with Crippen LogP contribution in [0.5, 0.6) is 23.0 Å². The van der Waals surface area contributed by atoms with Crippen molar-refractivity contribution in [1.29, 1.82) is 0 Å². The summed E-state index contributed by atoms with van der Waals surface area (Å²) in [7, 11) is 1.59. The fourth-order valence-electron chi connectivity index (χ4n) is 4.00. The van der Waals surface area contributed by atoms with Gasteiger partial charge in [0.25, 0.3) is 0 Å². The SMILES string of the molecule is COc1ccc(C(CC(=O)NC(CO)Cc2ccccc2)c2cc3c(cc2O)OCO3)cc1. The predicted octanol–water partition coefficient (Wildman–Crippen LogP) is 3.37. The Morgan fingerprint density at radius 3 is 2.42 bits per heavy atom. The first-order valence-electron chi connectivity index (χ1n) is 10.8. The molecule has 3 aromatic carbocycles. The van der Waals surface area contributed by atoms with Crippen molar-refractivity contribution in [2.24, 2.45) is 0 Å². The van der Waals surface area contributed by atoms with E-state index in [2.05, 4.69) is 5.32 Å². The number of phenolic OH excluding ortho intramolecular Hbond substituents is 1. The van der Waals surface area contributed by atoms with Gasteiger partial charge in [-0.1, -0.05) is 42.5 Å². The third kappa shape index (κ3) is 5.38. The van der Waals surface area contributed by atoms with E-state index in [0.29, 0.717) is 29.2 Å². The maximum Gasteiger partial charge on any atom is 0.231 e. The Labute approximate surface area is 192 Å². The monoisotopic (exact) mass is 449 g/mol. The molecule has 1 aliphatic heterocycles. The van der Waals surface area contributed by atoms with Crippen molar-refractivity contribution < 1.29 is 29.2 Å². The molecule has 0 saturated carbocycles. The predicted molar refractivity (Wildman–Crippen MR) is 123 cm³/mol. The molecule has 0 bridgehead atoms. The van der Waals surface area contributed by atoms with E-state index in [4.69, 9.17) is 14.2 Å². The molecule has 1 heterocycles. The van der Waals surface area contributed by atoms with Crippen LogP contribution < -0.4 is 19.5 Å². The van der Waals surface area contributed by atoms with E-state index in [9.17, 15) is 15.0 Å².